The van der Waals surface area contributed by atoms with Crippen LogP contribution in [0.4, 0.5) is 20.4 Å². The van der Waals surface area contributed by atoms with Crippen molar-refractivity contribution in [3.05, 3.63) is 147 Å². The van der Waals surface area contributed by atoms with Crippen LogP contribution in [0, 0.1) is 24.0 Å². The molecule has 0 radical (unpaired) electrons. The summed E-state index contributed by atoms with van der Waals surface area (Å²) in [6, 6.07) is 21.5. The first-order valence-electron chi connectivity index (χ1n) is 26.3. The zero-order valence-corrected chi connectivity index (χ0v) is 46.5. The molecule has 6 N–H and O–H groups in total. The lowest BCUT2D eigenvalue weighted by atomic mass is 9.85. The predicted octanol–water partition coefficient (Wildman–Crippen LogP) is 7.17. The van der Waals surface area contributed by atoms with Gasteiger partial charge in [0.15, 0.2) is 0 Å². The number of aryl methyl sites for hydroxylation is 1. The highest BCUT2D eigenvalue weighted by molar-refractivity contribution is 7.13. The van der Waals surface area contributed by atoms with Crippen LogP contribution in [-0.2, 0) is 41.7 Å². The molecule has 0 saturated carbocycles. The van der Waals surface area contributed by atoms with E-state index in [2.05, 4.69) is 41.5 Å². The largest absolute Gasteiger partial charge is 0.391 e. The Morgan fingerprint density at radius 1 is 0.850 bits per heavy atom. The Hall–Kier alpha value is -7.11. The lowest BCUT2D eigenvalue weighted by Crippen LogP contribution is -2.57. The Morgan fingerprint density at radius 3 is 2.24 bits per heavy atom. The lowest BCUT2D eigenvalue weighted by molar-refractivity contribution is -0.144. The smallest absolute Gasteiger partial charge is 0.251 e. The molecule has 2 aliphatic rings. The van der Waals surface area contributed by atoms with Crippen molar-refractivity contribution in [2.45, 2.75) is 71.8 Å². The number of amides is 4. The molecule has 6 aromatic rings. The lowest BCUT2D eigenvalue weighted by Gasteiger charge is -2.35. The number of anilines is 2. The average molecular weight is 1140 g/mol. The van der Waals surface area contributed by atoms with Gasteiger partial charge in [0.25, 0.3) is 5.91 Å². The van der Waals surface area contributed by atoms with Gasteiger partial charge in [-0.3, -0.25) is 24.2 Å². The molecule has 0 aliphatic carbocycles. The van der Waals surface area contributed by atoms with Crippen LogP contribution in [0.5, 0.6) is 0 Å². The molecule has 4 amide bonds. The Balaban J connectivity index is 0.661. The Kier molecular flexibility index (Phi) is 20.5. The minimum atomic E-state index is -0.923. The summed E-state index contributed by atoms with van der Waals surface area (Å²) in [6.07, 6.45) is 0.956. The van der Waals surface area contributed by atoms with E-state index < -0.39 is 41.1 Å². The molecule has 0 bridgehead atoms. The summed E-state index contributed by atoms with van der Waals surface area (Å²) >= 11 is 7.92. The van der Waals surface area contributed by atoms with E-state index >= 15 is 0 Å². The summed E-state index contributed by atoms with van der Waals surface area (Å²) in [5.74, 6) is -2.61. The van der Waals surface area contributed by atoms with Crippen LogP contribution >= 0.6 is 22.9 Å². The third-order valence-electron chi connectivity index (χ3n) is 13.3. The number of β-amino-alcohol motifs (C(OH)–C–C–N with tert-alkyl or cyclic N) is 1. The van der Waals surface area contributed by atoms with Crippen LogP contribution in [0.15, 0.2) is 102 Å². The van der Waals surface area contributed by atoms with Gasteiger partial charge in [-0.15, -0.1) is 11.3 Å². The van der Waals surface area contributed by atoms with Crippen LogP contribution < -0.4 is 26.6 Å². The minimum Gasteiger partial charge on any atom is -0.391 e. The van der Waals surface area contributed by atoms with Gasteiger partial charge in [-0.2, -0.15) is 0 Å². The van der Waals surface area contributed by atoms with Gasteiger partial charge < -0.3 is 50.8 Å². The second-order valence-electron chi connectivity index (χ2n) is 20.3. The molecule has 1 saturated heterocycles. The molecule has 18 nitrogen and oxygen atoms in total. The van der Waals surface area contributed by atoms with E-state index in [1.165, 1.54) is 23.1 Å². The summed E-state index contributed by atoms with van der Waals surface area (Å²) < 4.78 is 46.7. The van der Waals surface area contributed by atoms with Crippen molar-refractivity contribution in [1.29, 1.82) is 0 Å². The number of hydrogen-bond donors (Lipinski definition) is 6. The predicted molar refractivity (Wildman–Crippen MR) is 302 cm³/mol. The van der Waals surface area contributed by atoms with Crippen molar-refractivity contribution < 1.29 is 47.3 Å². The minimum absolute atomic E-state index is 0.00971. The topological polar surface area (TPSA) is 231 Å². The van der Waals surface area contributed by atoms with E-state index in [-0.39, 0.29) is 80.6 Å². The number of carbonyl (C=O) groups is 4. The summed E-state index contributed by atoms with van der Waals surface area (Å²) in [6.45, 7) is 11.0. The third-order valence-corrected chi connectivity index (χ3v) is 14.5. The van der Waals surface area contributed by atoms with Crippen LogP contribution in [-0.4, -0.2) is 138 Å². The molecule has 1 fully saturated rings. The molecule has 0 spiro atoms. The average Bonchev–Trinajstić information content (AvgIpc) is 4.08. The van der Waals surface area contributed by atoms with Gasteiger partial charge in [-0.05, 0) is 72.0 Å². The van der Waals surface area contributed by atoms with Crippen LogP contribution in [0.25, 0.3) is 21.7 Å². The quantitative estimate of drug-likeness (QED) is 0.0313. The second kappa shape index (κ2) is 27.9. The fourth-order valence-corrected chi connectivity index (χ4v) is 10.1. The highest BCUT2D eigenvalue weighted by Crippen LogP contribution is 2.35. The molecular weight excluding hydrogens is 1070 g/mol. The van der Waals surface area contributed by atoms with Gasteiger partial charge in [0.05, 0.1) is 85.3 Å². The molecule has 0 unspecified atom stereocenters. The molecule has 8 rings (SSSR count). The maximum atomic E-state index is 15.0. The molecule has 2 aromatic heterocycles. The number of aliphatic imine (C=N–C) groups is 1. The fourth-order valence-electron chi connectivity index (χ4n) is 9.12. The molecule has 2 aliphatic heterocycles. The highest BCUT2D eigenvalue weighted by Gasteiger charge is 2.44. The summed E-state index contributed by atoms with van der Waals surface area (Å²) in [4.78, 5) is 73.9. The standard InChI is InChI=1S/C58H65ClF2N10O8S/c1-35-52(80-34-67-35)37-10-8-36(9-11-37)30-65-55(75)47-29-42(72)33-71(47)56(76)53(58(2,3)4)69-48(73)18-19-62-20-22-77-24-26-79-27-25-78-23-21-63-54(74)38-12-15-41(16-13-38)68-57-66-32-39-31-64-51(49-45(60)6-5-7-46(49)61)44-28-40(59)14-17-43(44)50(39)70-57/h5-17,28,32,34,42,47,53,62,72H,18-27,29-31,33H2,1-4H3,(H,63,74)(H,65,75)(H,69,73)(H,66,68,70)/t42-,47+,53-/m1/s1. The molecule has 3 atom stereocenters. The number of likely N-dealkylation sites (tertiary alicyclic amines) is 1. The first kappa shape index (κ1) is 59.0. The number of rotatable bonds is 25. The number of aliphatic hydroxyl groups excluding tert-OH is 1. The first-order chi connectivity index (χ1) is 38.5. The molecular formula is C58H65ClF2N10O8S. The number of benzene rings is 4. The van der Waals surface area contributed by atoms with Gasteiger partial charge in [-0.1, -0.05) is 68.8 Å². The normalized spacial score (nSPS) is 15.3. The number of fused-ring (bicyclic) bond motifs is 3. The van der Waals surface area contributed by atoms with E-state index in [1.807, 2.05) is 57.5 Å². The number of nitrogens with one attached hydrogen (secondary N) is 5. The zero-order chi connectivity index (χ0) is 56.8. The maximum Gasteiger partial charge on any atom is 0.251 e. The van der Waals surface area contributed by atoms with E-state index in [4.69, 9.17) is 30.8 Å². The number of nitrogens with zero attached hydrogens (tertiary/aromatic N) is 5. The monoisotopic (exact) mass is 1130 g/mol. The molecule has 4 aromatic carbocycles. The van der Waals surface area contributed by atoms with Gasteiger partial charge in [0.2, 0.25) is 23.7 Å². The van der Waals surface area contributed by atoms with Gasteiger partial charge >= 0.3 is 0 Å². The van der Waals surface area contributed by atoms with Crippen LogP contribution in [0.3, 0.4) is 0 Å². The summed E-state index contributed by atoms with van der Waals surface area (Å²) in [5.41, 5.74) is 7.18. The number of carbonyl (C=O) groups excluding carboxylic acids is 4. The summed E-state index contributed by atoms with van der Waals surface area (Å²) in [5, 5.41) is 25.9. The van der Waals surface area contributed by atoms with Crippen molar-refractivity contribution in [3.63, 3.8) is 0 Å². The van der Waals surface area contributed by atoms with Gasteiger partial charge in [-0.25, -0.2) is 23.7 Å². The Morgan fingerprint density at radius 2 is 1.55 bits per heavy atom. The van der Waals surface area contributed by atoms with E-state index in [0.29, 0.717) is 84.8 Å². The molecule has 80 heavy (non-hydrogen) atoms. The second-order valence-corrected chi connectivity index (χ2v) is 21.5. The van der Waals surface area contributed by atoms with Gasteiger partial charge in [0.1, 0.15) is 23.7 Å². The zero-order valence-electron chi connectivity index (χ0n) is 45.0. The van der Waals surface area contributed by atoms with E-state index in [9.17, 15) is 33.1 Å². The van der Waals surface area contributed by atoms with Crippen molar-refractivity contribution in [3.8, 4) is 21.7 Å². The SMILES string of the molecule is Cc1ncsc1-c1ccc(CNC(=O)[C@@H]2C[C@@H](O)CN2C(=O)[C@@H](NC(=O)CCNCCOCCOCCOCCNC(=O)c2ccc(Nc3ncc4c(n3)-c3ccc(Cl)cc3C(c3c(F)cccc3F)=NC4)cc2)C(C)(C)C)cc1. The summed E-state index contributed by atoms with van der Waals surface area (Å²) in [7, 11) is 0. The molecule has 4 heterocycles. The van der Waals surface area contributed by atoms with Crippen LogP contribution in [0.1, 0.15) is 71.9 Å². The number of halogens is 3. The van der Waals surface area contributed by atoms with Crippen molar-refractivity contribution in [2.24, 2.45) is 10.4 Å². The van der Waals surface area contributed by atoms with Crippen LogP contribution in [0.2, 0.25) is 5.02 Å². The van der Waals surface area contributed by atoms with E-state index in [1.54, 1.807) is 60.0 Å². The van der Waals surface area contributed by atoms with Gasteiger partial charge in [0, 0.05) is 84.7 Å². The van der Waals surface area contributed by atoms with Crippen molar-refractivity contribution in [2.75, 3.05) is 71.1 Å². The maximum absolute atomic E-state index is 15.0. The Labute approximate surface area is 472 Å². The van der Waals surface area contributed by atoms with Crippen molar-refractivity contribution in [1.82, 2.24) is 41.1 Å². The molecule has 422 valence electrons. The number of hydrogen-bond acceptors (Lipinski definition) is 15. The number of thiazole rings is 1. The van der Waals surface area contributed by atoms with E-state index in [0.717, 1.165) is 21.7 Å². The molecule has 22 heteroatoms. The highest BCUT2D eigenvalue weighted by atomic mass is 35.5. The number of aromatic nitrogens is 3. The number of ether oxygens (including phenoxy) is 3. The Bertz CT molecular complexity index is 3140. The fraction of sp³-hybridized carbons (Fsp3) is 0.379. The first-order valence-corrected chi connectivity index (χ1v) is 27.6. The number of aliphatic hydroxyl groups is 1. The van der Waals surface area contributed by atoms with Crippen molar-refractivity contribution >= 4 is 63.9 Å². The third kappa shape index (κ3) is 15.6.